The number of ether oxygens (including phenoxy) is 1. The molecule has 0 fully saturated rings. The van der Waals surface area contributed by atoms with Gasteiger partial charge in [-0.15, -0.1) is 0 Å². The highest BCUT2D eigenvalue weighted by molar-refractivity contribution is 5.90. The zero-order chi connectivity index (χ0) is 15.4. The summed E-state index contributed by atoms with van der Waals surface area (Å²) in [5, 5.41) is 3.30. The van der Waals surface area contributed by atoms with Gasteiger partial charge >= 0.3 is 5.97 Å². The Morgan fingerprint density at radius 1 is 1.24 bits per heavy atom. The maximum absolute atomic E-state index is 11.5. The molecular formula is C16H19N3O2. The predicted octanol–water partition coefficient (Wildman–Crippen LogP) is 2.93. The van der Waals surface area contributed by atoms with Crippen molar-refractivity contribution >= 4 is 17.5 Å². The van der Waals surface area contributed by atoms with Crippen LogP contribution in [0.4, 0.5) is 11.5 Å². The summed E-state index contributed by atoms with van der Waals surface area (Å²) in [6.45, 7) is 3.82. The molecule has 1 aromatic carbocycles. The van der Waals surface area contributed by atoms with Crippen LogP contribution >= 0.6 is 0 Å². The fourth-order valence-corrected chi connectivity index (χ4v) is 2.06. The zero-order valence-electron chi connectivity index (χ0n) is 12.4. The maximum atomic E-state index is 11.5. The van der Waals surface area contributed by atoms with Crippen LogP contribution in [-0.4, -0.2) is 18.1 Å². The first-order chi connectivity index (χ1) is 10.0. The molecule has 0 radical (unpaired) electrons. The van der Waals surface area contributed by atoms with Crippen molar-refractivity contribution < 1.29 is 9.53 Å². The van der Waals surface area contributed by atoms with Crippen LogP contribution in [0.3, 0.4) is 0 Å². The molecule has 0 aliphatic rings. The third-order valence-electron chi connectivity index (χ3n) is 3.29. The maximum Gasteiger partial charge on any atom is 0.339 e. The third-order valence-corrected chi connectivity index (χ3v) is 3.29. The SMILES string of the molecule is COC(=O)c1ccc(NC(C)c2ccc(N)cc2)nc1C. The van der Waals surface area contributed by atoms with Crippen molar-refractivity contribution in [2.45, 2.75) is 19.9 Å². The zero-order valence-corrected chi connectivity index (χ0v) is 12.4. The van der Waals surface area contributed by atoms with Gasteiger partial charge in [0.15, 0.2) is 0 Å². The van der Waals surface area contributed by atoms with E-state index in [-0.39, 0.29) is 12.0 Å². The molecule has 2 rings (SSSR count). The molecule has 1 atom stereocenters. The van der Waals surface area contributed by atoms with Gasteiger partial charge in [0.1, 0.15) is 5.82 Å². The quantitative estimate of drug-likeness (QED) is 0.667. The highest BCUT2D eigenvalue weighted by Gasteiger charge is 2.12. The Morgan fingerprint density at radius 2 is 1.90 bits per heavy atom. The Labute approximate surface area is 124 Å². The Morgan fingerprint density at radius 3 is 2.48 bits per heavy atom. The molecule has 0 spiro atoms. The Balaban J connectivity index is 2.14. The number of esters is 1. The predicted molar refractivity (Wildman–Crippen MR) is 83.2 cm³/mol. The number of pyridine rings is 1. The Hall–Kier alpha value is -2.56. The summed E-state index contributed by atoms with van der Waals surface area (Å²) in [4.78, 5) is 15.9. The smallest absolute Gasteiger partial charge is 0.339 e. The molecule has 5 nitrogen and oxygen atoms in total. The molecule has 5 heteroatoms. The fourth-order valence-electron chi connectivity index (χ4n) is 2.06. The third kappa shape index (κ3) is 3.51. The molecule has 0 saturated carbocycles. The second kappa shape index (κ2) is 6.26. The van der Waals surface area contributed by atoms with E-state index in [1.165, 1.54) is 7.11 Å². The van der Waals surface area contributed by atoms with E-state index in [0.717, 1.165) is 11.3 Å². The van der Waals surface area contributed by atoms with E-state index in [2.05, 4.69) is 10.3 Å². The number of hydrogen-bond acceptors (Lipinski definition) is 5. The average Bonchev–Trinajstić information content (AvgIpc) is 2.47. The van der Waals surface area contributed by atoms with Crippen molar-refractivity contribution in [3.63, 3.8) is 0 Å². The highest BCUT2D eigenvalue weighted by Crippen LogP contribution is 2.20. The number of benzene rings is 1. The normalized spacial score (nSPS) is 11.8. The summed E-state index contributed by atoms with van der Waals surface area (Å²) in [6.07, 6.45) is 0. The highest BCUT2D eigenvalue weighted by atomic mass is 16.5. The molecule has 1 aromatic heterocycles. The topological polar surface area (TPSA) is 77.2 Å². The molecule has 0 aliphatic carbocycles. The molecule has 1 unspecified atom stereocenters. The molecular weight excluding hydrogens is 266 g/mol. The van der Waals surface area contributed by atoms with Crippen molar-refractivity contribution in [1.29, 1.82) is 0 Å². The van der Waals surface area contributed by atoms with E-state index in [1.54, 1.807) is 19.1 Å². The van der Waals surface area contributed by atoms with E-state index in [9.17, 15) is 4.79 Å². The molecule has 0 aliphatic heterocycles. The second-order valence-electron chi connectivity index (χ2n) is 4.85. The molecule has 110 valence electrons. The number of anilines is 2. The van der Waals surface area contributed by atoms with Gasteiger partial charge < -0.3 is 15.8 Å². The number of nitrogens with zero attached hydrogens (tertiary/aromatic N) is 1. The van der Waals surface area contributed by atoms with Crippen molar-refractivity contribution in [2.24, 2.45) is 0 Å². The summed E-state index contributed by atoms with van der Waals surface area (Å²) in [5.41, 5.74) is 8.64. The van der Waals surface area contributed by atoms with Crippen molar-refractivity contribution in [1.82, 2.24) is 4.98 Å². The Bertz CT molecular complexity index is 638. The van der Waals surface area contributed by atoms with Gasteiger partial charge in [0.25, 0.3) is 0 Å². The molecule has 21 heavy (non-hydrogen) atoms. The lowest BCUT2D eigenvalue weighted by molar-refractivity contribution is 0.0599. The van der Waals surface area contributed by atoms with Crippen LogP contribution in [0.5, 0.6) is 0 Å². The lowest BCUT2D eigenvalue weighted by Crippen LogP contribution is -2.10. The van der Waals surface area contributed by atoms with Gasteiger partial charge in [-0.3, -0.25) is 0 Å². The molecule has 2 aromatic rings. The molecule has 0 bridgehead atoms. The van der Waals surface area contributed by atoms with E-state index in [1.807, 2.05) is 31.2 Å². The first kappa shape index (κ1) is 14.8. The number of carbonyl (C=O) groups excluding carboxylic acids is 1. The number of carbonyl (C=O) groups is 1. The lowest BCUT2D eigenvalue weighted by Gasteiger charge is -2.16. The number of nitrogens with two attached hydrogens (primary N) is 1. The standard InChI is InChI=1S/C16H19N3O2/c1-10(12-4-6-13(17)7-5-12)18-15-9-8-14(11(2)19-15)16(20)21-3/h4-10H,17H2,1-3H3,(H,18,19). The molecule has 0 amide bonds. The summed E-state index contributed by atoms with van der Waals surface area (Å²) < 4.78 is 4.71. The number of rotatable bonds is 4. The lowest BCUT2D eigenvalue weighted by atomic mass is 10.1. The van der Waals surface area contributed by atoms with Gasteiger partial charge in [-0.05, 0) is 43.7 Å². The van der Waals surface area contributed by atoms with Crippen molar-refractivity contribution in [3.8, 4) is 0 Å². The second-order valence-corrected chi connectivity index (χ2v) is 4.85. The van der Waals surface area contributed by atoms with Gasteiger partial charge in [-0.2, -0.15) is 0 Å². The fraction of sp³-hybridized carbons (Fsp3) is 0.250. The Kier molecular flexibility index (Phi) is 4.42. The van der Waals surface area contributed by atoms with Crippen LogP contribution in [-0.2, 0) is 4.74 Å². The number of nitrogens with one attached hydrogen (secondary N) is 1. The summed E-state index contributed by atoms with van der Waals surface area (Å²) >= 11 is 0. The summed E-state index contributed by atoms with van der Waals surface area (Å²) in [6, 6.07) is 11.3. The van der Waals surface area contributed by atoms with Crippen molar-refractivity contribution in [2.75, 3.05) is 18.2 Å². The van der Waals surface area contributed by atoms with Crippen LogP contribution in [0.25, 0.3) is 0 Å². The monoisotopic (exact) mass is 285 g/mol. The minimum atomic E-state index is -0.377. The summed E-state index contributed by atoms with van der Waals surface area (Å²) in [7, 11) is 1.36. The largest absolute Gasteiger partial charge is 0.465 e. The van der Waals surface area contributed by atoms with Crippen LogP contribution in [0.1, 0.15) is 34.6 Å². The van der Waals surface area contributed by atoms with E-state index < -0.39 is 0 Å². The number of nitrogen functional groups attached to an aromatic ring is 1. The van der Waals surface area contributed by atoms with Crippen molar-refractivity contribution in [3.05, 3.63) is 53.2 Å². The number of aryl methyl sites for hydroxylation is 1. The van der Waals surface area contributed by atoms with E-state index >= 15 is 0 Å². The van der Waals surface area contributed by atoms with Crippen LogP contribution in [0.2, 0.25) is 0 Å². The van der Waals surface area contributed by atoms with Gasteiger partial charge in [0.2, 0.25) is 0 Å². The minimum Gasteiger partial charge on any atom is -0.465 e. The van der Waals surface area contributed by atoms with Gasteiger partial charge in [0.05, 0.1) is 18.4 Å². The van der Waals surface area contributed by atoms with E-state index in [0.29, 0.717) is 17.1 Å². The van der Waals surface area contributed by atoms with Crippen LogP contribution in [0, 0.1) is 6.92 Å². The minimum absolute atomic E-state index is 0.0847. The van der Waals surface area contributed by atoms with Crippen LogP contribution < -0.4 is 11.1 Å². The van der Waals surface area contributed by atoms with E-state index in [4.69, 9.17) is 10.5 Å². The molecule has 1 heterocycles. The van der Waals surface area contributed by atoms with Gasteiger partial charge in [-0.25, -0.2) is 9.78 Å². The first-order valence-electron chi connectivity index (χ1n) is 6.69. The number of methoxy groups -OCH3 is 1. The summed E-state index contributed by atoms with van der Waals surface area (Å²) in [5.74, 6) is 0.336. The van der Waals surface area contributed by atoms with Crippen LogP contribution in [0.15, 0.2) is 36.4 Å². The van der Waals surface area contributed by atoms with Gasteiger partial charge in [-0.1, -0.05) is 12.1 Å². The molecule has 0 saturated heterocycles. The first-order valence-corrected chi connectivity index (χ1v) is 6.69. The van der Waals surface area contributed by atoms with Gasteiger partial charge in [0, 0.05) is 11.7 Å². The average molecular weight is 285 g/mol. The number of hydrogen-bond donors (Lipinski definition) is 2. The number of aromatic nitrogens is 1. The molecule has 3 N–H and O–H groups in total.